The molecule has 2 atom stereocenters. The zero-order chi connectivity index (χ0) is 29.5. The van der Waals surface area contributed by atoms with Crippen LogP contribution in [0.5, 0.6) is 0 Å². The predicted octanol–water partition coefficient (Wildman–Crippen LogP) is 3.16. The summed E-state index contributed by atoms with van der Waals surface area (Å²) in [4.78, 5) is 44.3. The molecule has 2 aliphatic rings. The Labute approximate surface area is 244 Å². The highest BCUT2D eigenvalue weighted by Crippen LogP contribution is 2.34. The third-order valence-electron chi connectivity index (χ3n) is 7.27. The molecule has 10 heteroatoms. The third kappa shape index (κ3) is 6.43. The van der Waals surface area contributed by atoms with Crippen LogP contribution >= 0.6 is 0 Å². The van der Waals surface area contributed by atoms with Crippen LogP contribution < -0.4 is 5.32 Å². The molecule has 4 amide bonds. The van der Waals surface area contributed by atoms with E-state index in [4.69, 9.17) is 11.2 Å². The summed E-state index contributed by atoms with van der Waals surface area (Å²) in [5, 5.41) is 5.95. The maximum absolute atomic E-state index is 13.9. The Balaban J connectivity index is 1.40. The summed E-state index contributed by atoms with van der Waals surface area (Å²) in [6, 6.07) is 23.3. The summed E-state index contributed by atoms with van der Waals surface area (Å²) in [7, 11) is 0. The molecule has 2 heterocycles. The first-order chi connectivity index (χ1) is 20.5. The second-order valence-electron chi connectivity index (χ2n) is 10.1. The van der Waals surface area contributed by atoms with Crippen LogP contribution in [0.15, 0.2) is 84.9 Å². The maximum atomic E-state index is 13.9. The van der Waals surface area contributed by atoms with Gasteiger partial charge in [-0.2, -0.15) is 5.01 Å². The molecule has 0 aromatic heterocycles. The third-order valence-corrected chi connectivity index (χ3v) is 7.27. The SMILES string of the molecule is C#CCN1CC(=O)N2[C@@H](c3ccccc3)C(=O)N(CCOCc3cccc(F)c3)C[C@@H]2N1C(=O)NCc1ccccc1. The Kier molecular flexibility index (Phi) is 9.12. The zero-order valence-corrected chi connectivity index (χ0v) is 23.1. The lowest BCUT2D eigenvalue weighted by atomic mass is 9.99. The van der Waals surface area contributed by atoms with Gasteiger partial charge in [-0.15, -0.1) is 6.42 Å². The summed E-state index contributed by atoms with van der Waals surface area (Å²) in [6.07, 6.45) is 4.82. The van der Waals surface area contributed by atoms with Gasteiger partial charge in [-0.25, -0.2) is 14.2 Å². The van der Waals surface area contributed by atoms with Gasteiger partial charge >= 0.3 is 6.03 Å². The Morgan fingerprint density at radius 1 is 1.00 bits per heavy atom. The van der Waals surface area contributed by atoms with Crippen molar-refractivity contribution in [1.29, 1.82) is 0 Å². The van der Waals surface area contributed by atoms with Crippen molar-refractivity contribution in [3.63, 3.8) is 0 Å². The monoisotopic (exact) mass is 569 g/mol. The van der Waals surface area contributed by atoms with Crippen LogP contribution in [0.3, 0.4) is 0 Å². The van der Waals surface area contributed by atoms with Gasteiger partial charge in [-0.05, 0) is 28.8 Å². The number of benzene rings is 3. The molecule has 9 nitrogen and oxygen atoms in total. The molecule has 0 bridgehead atoms. The fraction of sp³-hybridized carbons (Fsp3) is 0.281. The summed E-state index contributed by atoms with van der Waals surface area (Å²) >= 11 is 0. The molecule has 0 unspecified atom stereocenters. The molecule has 5 rings (SSSR count). The van der Waals surface area contributed by atoms with Crippen LogP contribution in [-0.4, -0.2) is 76.6 Å². The van der Waals surface area contributed by atoms with Crippen LogP contribution in [0, 0.1) is 18.2 Å². The quantitative estimate of drug-likeness (QED) is 0.316. The number of halogens is 1. The van der Waals surface area contributed by atoms with E-state index in [1.54, 1.807) is 34.2 Å². The number of nitrogens with zero attached hydrogens (tertiary/aromatic N) is 4. The van der Waals surface area contributed by atoms with E-state index in [-0.39, 0.29) is 63.6 Å². The van der Waals surface area contributed by atoms with Crippen molar-refractivity contribution in [3.8, 4) is 12.3 Å². The molecule has 0 aliphatic carbocycles. The topological polar surface area (TPSA) is 85.4 Å². The van der Waals surface area contributed by atoms with Gasteiger partial charge in [-0.3, -0.25) is 9.59 Å². The largest absolute Gasteiger partial charge is 0.375 e. The number of rotatable bonds is 9. The van der Waals surface area contributed by atoms with Crippen LogP contribution in [-0.2, 0) is 27.5 Å². The number of amides is 4. The van der Waals surface area contributed by atoms with Crippen molar-refractivity contribution < 1.29 is 23.5 Å². The van der Waals surface area contributed by atoms with E-state index in [0.29, 0.717) is 11.1 Å². The second-order valence-corrected chi connectivity index (χ2v) is 10.1. The number of hydrogen-bond acceptors (Lipinski definition) is 5. The van der Waals surface area contributed by atoms with Gasteiger partial charge in [0.25, 0.3) is 0 Å². The van der Waals surface area contributed by atoms with Gasteiger partial charge in [0.2, 0.25) is 11.8 Å². The van der Waals surface area contributed by atoms with E-state index >= 15 is 0 Å². The number of ether oxygens (including phenoxy) is 1. The number of fused-ring (bicyclic) bond motifs is 1. The van der Waals surface area contributed by atoms with Crippen LogP contribution in [0.4, 0.5) is 9.18 Å². The lowest BCUT2D eigenvalue weighted by Gasteiger charge is -2.54. The van der Waals surface area contributed by atoms with E-state index in [0.717, 1.165) is 5.56 Å². The molecule has 3 aromatic rings. The predicted molar refractivity (Wildman–Crippen MR) is 153 cm³/mol. The highest BCUT2D eigenvalue weighted by molar-refractivity contribution is 5.92. The molecule has 0 spiro atoms. The molecule has 1 N–H and O–H groups in total. The van der Waals surface area contributed by atoms with Crippen molar-refractivity contribution in [2.45, 2.75) is 25.4 Å². The average Bonchev–Trinajstić information content (AvgIpc) is 3.00. The molecular formula is C32H32FN5O4. The van der Waals surface area contributed by atoms with E-state index < -0.39 is 18.2 Å². The zero-order valence-electron chi connectivity index (χ0n) is 23.1. The molecule has 42 heavy (non-hydrogen) atoms. The Morgan fingerprint density at radius 2 is 1.71 bits per heavy atom. The first-order valence-corrected chi connectivity index (χ1v) is 13.7. The van der Waals surface area contributed by atoms with Gasteiger partial charge in [-0.1, -0.05) is 78.7 Å². The van der Waals surface area contributed by atoms with Gasteiger partial charge in [0.1, 0.15) is 18.0 Å². The van der Waals surface area contributed by atoms with Gasteiger partial charge in [0.15, 0.2) is 0 Å². The highest BCUT2D eigenvalue weighted by Gasteiger charge is 2.51. The fourth-order valence-electron chi connectivity index (χ4n) is 5.33. The van der Waals surface area contributed by atoms with Gasteiger partial charge in [0.05, 0.1) is 32.8 Å². The van der Waals surface area contributed by atoms with Crippen molar-refractivity contribution in [1.82, 2.24) is 25.1 Å². The first-order valence-electron chi connectivity index (χ1n) is 13.7. The van der Waals surface area contributed by atoms with Crippen LogP contribution in [0.25, 0.3) is 0 Å². The maximum Gasteiger partial charge on any atom is 0.334 e. The number of hydrogen-bond donors (Lipinski definition) is 1. The van der Waals surface area contributed by atoms with E-state index in [1.807, 2.05) is 48.5 Å². The summed E-state index contributed by atoms with van der Waals surface area (Å²) in [5.41, 5.74) is 2.23. The number of hydrazine groups is 1. The Hall–Kier alpha value is -4.72. The van der Waals surface area contributed by atoms with E-state index in [1.165, 1.54) is 22.0 Å². The molecule has 2 aliphatic heterocycles. The molecular weight excluding hydrogens is 537 g/mol. The first kappa shape index (κ1) is 28.8. The Morgan fingerprint density at radius 3 is 2.43 bits per heavy atom. The minimum Gasteiger partial charge on any atom is -0.375 e. The smallest absolute Gasteiger partial charge is 0.334 e. The normalized spacial score (nSPS) is 18.9. The van der Waals surface area contributed by atoms with Crippen molar-refractivity contribution in [3.05, 3.63) is 107 Å². The minimum absolute atomic E-state index is 0.0372. The van der Waals surface area contributed by atoms with Gasteiger partial charge < -0.3 is 19.9 Å². The van der Waals surface area contributed by atoms with E-state index in [2.05, 4.69) is 11.2 Å². The van der Waals surface area contributed by atoms with Crippen LogP contribution in [0.1, 0.15) is 22.7 Å². The highest BCUT2D eigenvalue weighted by atomic mass is 19.1. The van der Waals surface area contributed by atoms with Crippen LogP contribution in [0.2, 0.25) is 0 Å². The minimum atomic E-state index is -0.932. The molecule has 0 saturated carbocycles. The Bertz CT molecular complexity index is 1450. The average molecular weight is 570 g/mol. The fourth-order valence-corrected chi connectivity index (χ4v) is 5.33. The van der Waals surface area contributed by atoms with Crippen molar-refractivity contribution >= 4 is 17.8 Å². The summed E-state index contributed by atoms with van der Waals surface area (Å²) < 4.78 is 19.3. The number of nitrogens with one attached hydrogen (secondary N) is 1. The number of carbonyl (C=O) groups is 3. The lowest BCUT2D eigenvalue weighted by molar-refractivity contribution is -0.190. The van der Waals surface area contributed by atoms with Crippen molar-refractivity contribution in [2.24, 2.45) is 0 Å². The second kappa shape index (κ2) is 13.3. The number of carbonyl (C=O) groups excluding carboxylic acids is 3. The number of terminal acetylenes is 1. The van der Waals surface area contributed by atoms with Crippen molar-refractivity contribution in [2.75, 3.05) is 32.8 Å². The number of urea groups is 1. The summed E-state index contributed by atoms with van der Waals surface area (Å²) in [6.45, 7) is 0.808. The molecule has 216 valence electrons. The molecule has 2 fully saturated rings. The molecule has 0 radical (unpaired) electrons. The summed E-state index contributed by atoms with van der Waals surface area (Å²) in [5.74, 6) is 1.63. The number of piperazine rings is 1. The van der Waals surface area contributed by atoms with Gasteiger partial charge in [0, 0.05) is 13.1 Å². The molecule has 3 aromatic carbocycles. The molecule has 2 saturated heterocycles. The van der Waals surface area contributed by atoms with E-state index in [9.17, 15) is 18.8 Å². The standard InChI is InChI=1S/C32H32FN5O4/c1-2-16-36-22-29(39)37-28(38(36)32(41)34-20-24-10-5-3-6-11-24)21-35(31(40)30(37)26-13-7-4-8-14-26)17-18-42-23-25-12-9-15-27(33)19-25/h1,3-15,19,28,30H,16-18,20-23H2,(H,34,41)/t28-,30-/m0/s1. The lowest BCUT2D eigenvalue weighted by Crippen LogP contribution is -2.74.